The predicted octanol–water partition coefficient (Wildman–Crippen LogP) is 4.53. The number of benzene rings is 2. The number of para-hydroxylation sites is 1. The van der Waals surface area contributed by atoms with Crippen LogP contribution in [0.5, 0.6) is 5.75 Å². The number of aromatic nitrogens is 2. The molecule has 0 spiro atoms. The average molecular weight is 479 g/mol. The maximum atomic E-state index is 13.1. The lowest BCUT2D eigenvalue weighted by atomic mass is 10.2. The van der Waals surface area contributed by atoms with E-state index in [0.717, 1.165) is 31.9 Å². The molecule has 1 fully saturated rings. The quantitative estimate of drug-likeness (QED) is 0.516. The Kier molecular flexibility index (Phi) is 7.30. The van der Waals surface area contributed by atoms with Crippen molar-refractivity contribution in [2.24, 2.45) is 0 Å². The number of amides is 1. The second-order valence-corrected chi connectivity index (χ2v) is 8.34. The van der Waals surface area contributed by atoms with Crippen LogP contribution in [0.1, 0.15) is 16.1 Å². The SMILES string of the molecule is C=Cc1cnc(Nc2ccc(N3CCN(C)CC3)cc2)nc1C(=O)Nc1c(Cl)cccc1OC. The van der Waals surface area contributed by atoms with Gasteiger partial charge in [0.05, 0.1) is 12.1 Å². The Labute approximate surface area is 204 Å². The highest BCUT2D eigenvalue weighted by Gasteiger charge is 2.18. The van der Waals surface area contributed by atoms with Gasteiger partial charge in [-0.3, -0.25) is 4.79 Å². The normalized spacial score (nSPS) is 13.9. The number of likely N-dealkylation sites (N-methyl/N-ethyl adjacent to an activating group) is 1. The zero-order valence-electron chi connectivity index (χ0n) is 19.2. The van der Waals surface area contributed by atoms with E-state index in [1.165, 1.54) is 18.9 Å². The van der Waals surface area contributed by atoms with Crippen LogP contribution in [-0.2, 0) is 0 Å². The highest BCUT2D eigenvalue weighted by molar-refractivity contribution is 6.34. The van der Waals surface area contributed by atoms with Gasteiger partial charge in [0.15, 0.2) is 0 Å². The molecular weight excluding hydrogens is 452 g/mol. The topological polar surface area (TPSA) is 82.6 Å². The van der Waals surface area contributed by atoms with E-state index in [-0.39, 0.29) is 5.69 Å². The third-order valence-corrected chi connectivity index (χ3v) is 5.99. The molecule has 0 saturated carbocycles. The molecule has 2 aromatic carbocycles. The van der Waals surface area contributed by atoms with E-state index >= 15 is 0 Å². The smallest absolute Gasteiger partial charge is 0.275 e. The van der Waals surface area contributed by atoms with Crippen molar-refractivity contribution < 1.29 is 9.53 Å². The standard InChI is InChI=1S/C25H27ClN6O2/c1-4-17-16-27-25(28-18-8-10-19(11-9-18)32-14-12-31(2)13-15-32)30-22(17)24(33)29-23-20(26)6-5-7-21(23)34-3/h4-11,16H,1,12-15H2,2-3H3,(H,29,33)(H,27,28,30). The van der Waals surface area contributed by atoms with Crippen LogP contribution in [0.3, 0.4) is 0 Å². The summed E-state index contributed by atoms with van der Waals surface area (Å²) in [6, 6.07) is 13.2. The second kappa shape index (κ2) is 10.5. The van der Waals surface area contributed by atoms with Crippen molar-refractivity contribution in [3.8, 4) is 5.75 Å². The molecule has 1 aliphatic rings. The van der Waals surface area contributed by atoms with Crippen molar-refractivity contribution in [3.05, 3.63) is 71.5 Å². The van der Waals surface area contributed by atoms with E-state index < -0.39 is 5.91 Å². The molecule has 4 rings (SSSR count). The number of nitrogens with zero attached hydrogens (tertiary/aromatic N) is 4. The molecule has 0 atom stereocenters. The number of carbonyl (C=O) groups is 1. The van der Waals surface area contributed by atoms with Gasteiger partial charge in [-0.15, -0.1) is 0 Å². The summed E-state index contributed by atoms with van der Waals surface area (Å²) < 4.78 is 5.31. The molecule has 0 unspecified atom stereocenters. The Bertz CT molecular complexity index is 1180. The van der Waals surface area contributed by atoms with Crippen LogP contribution >= 0.6 is 11.6 Å². The molecule has 0 aliphatic carbocycles. The number of methoxy groups -OCH3 is 1. The summed E-state index contributed by atoms with van der Waals surface area (Å²) in [6.45, 7) is 7.87. The number of ether oxygens (including phenoxy) is 1. The molecule has 0 radical (unpaired) electrons. The minimum absolute atomic E-state index is 0.170. The molecule has 176 valence electrons. The van der Waals surface area contributed by atoms with E-state index in [1.54, 1.807) is 24.4 Å². The van der Waals surface area contributed by atoms with Crippen molar-refractivity contribution in [3.63, 3.8) is 0 Å². The Morgan fingerprint density at radius 2 is 1.88 bits per heavy atom. The molecule has 9 heteroatoms. The first-order valence-corrected chi connectivity index (χ1v) is 11.3. The van der Waals surface area contributed by atoms with Gasteiger partial charge in [-0.1, -0.05) is 30.3 Å². The van der Waals surface area contributed by atoms with Crippen LogP contribution in [0, 0.1) is 0 Å². The Morgan fingerprint density at radius 3 is 2.56 bits per heavy atom. The third-order valence-electron chi connectivity index (χ3n) is 5.68. The zero-order valence-corrected chi connectivity index (χ0v) is 20.0. The minimum Gasteiger partial charge on any atom is -0.495 e. The molecule has 1 saturated heterocycles. The number of anilines is 4. The Hall–Kier alpha value is -3.62. The van der Waals surface area contributed by atoms with Gasteiger partial charge < -0.3 is 25.2 Å². The van der Waals surface area contributed by atoms with Crippen molar-refractivity contribution in [2.75, 3.05) is 55.9 Å². The van der Waals surface area contributed by atoms with Gasteiger partial charge in [0.1, 0.15) is 17.1 Å². The summed E-state index contributed by atoms with van der Waals surface area (Å²) in [4.78, 5) is 26.5. The number of hydrogen-bond donors (Lipinski definition) is 2. The number of nitrogens with one attached hydrogen (secondary N) is 2. The number of carbonyl (C=O) groups excluding carboxylic acids is 1. The summed E-state index contributed by atoms with van der Waals surface area (Å²) in [5.41, 5.74) is 3.04. The van der Waals surface area contributed by atoms with Crippen molar-refractivity contribution in [2.45, 2.75) is 0 Å². The lowest BCUT2D eigenvalue weighted by Gasteiger charge is -2.34. The maximum absolute atomic E-state index is 13.1. The first-order valence-electron chi connectivity index (χ1n) is 10.9. The maximum Gasteiger partial charge on any atom is 0.275 e. The summed E-state index contributed by atoms with van der Waals surface area (Å²) in [7, 11) is 3.65. The van der Waals surface area contributed by atoms with E-state index in [0.29, 0.717) is 28.0 Å². The molecule has 0 bridgehead atoms. The first kappa shape index (κ1) is 23.5. The van der Waals surface area contributed by atoms with Crippen LogP contribution in [0.4, 0.5) is 23.0 Å². The fourth-order valence-corrected chi connectivity index (χ4v) is 3.91. The largest absolute Gasteiger partial charge is 0.495 e. The van der Waals surface area contributed by atoms with E-state index in [1.807, 2.05) is 12.1 Å². The Balaban J connectivity index is 1.51. The first-order chi connectivity index (χ1) is 16.5. The van der Waals surface area contributed by atoms with Gasteiger partial charge in [-0.05, 0) is 43.4 Å². The van der Waals surface area contributed by atoms with Gasteiger partial charge >= 0.3 is 0 Å². The lowest BCUT2D eigenvalue weighted by Crippen LogP contribution is -2.44. The van der Waals surface area contributed by atoms with Crippen molar-refractivity contribution in [1.29, 1.82) is 0 Å². The van der Waals surface area contributed by atoms with Gasteiger partial charge in [-0.25, -0.2) is 9.97 Å². The lowest BCUT2D eigenvalue weighted by molar-refractivity contribution is 0.102. The summed E-state index contributed by atoms with van der Waals surface area (Å²) in [5.74, 6) is 0.306. The number of rotatable bonds is 7. The molecule has 3 aromatic rings. The number of halogens is 1. The van der Waals surface area contributed by atoms with Crippen molar-refractivity contribution in [1.82, 2.24) is 14.9 Å². The number of hydrogen-bond acceptors (Lipinski definition) is 7. The van der Waals surface area contributed by atoms with Gasteiger partial charge in [-0.2, -0.15) is 0 Å². The van der Waals surface area contributed by atoms with Crippen LogP contribution in [0.15, 0.2) is 55.2 Å². The fourth-order valence-electron chi connectivity index (χ4n) is 3.70. The van der Waals surface area contributed by atoms with Crippen LogP contribution < -0.4 is 20.3 Å². The monoisotopic (exact) mass is 478 g/mol. The Morgan fingerprint density at radius 1 is 1.15 bits per heavy atom. The van der Waals surface area contributed by atoms with Gasteiger partial charge in [0.25, 0.3) is 5.91 Å². The summed E-state index contributed by atoms with van der Waals surface area (Å²) in [5, 5.41) is 6.32. The van der Waals surface area contributed by atoms with Crippen molar-refractivity contribution >= 4 is 46.6 Å². The third kappa shape index (κ3) is 5.30. The highest BCUT2D eigenvalue weighted by atomic mass is 35.5. The van der Waals surface area contributed by atoms with E-state index in [9.17, 15) is 4.79 Å². The van der Waals surface area contributed by atoms with E-state index in [2.05, 4.69) is 56.2 Å². The molecule has 34 heavy (non-hydrogen) atoms. The van der Waals surface area contributed by atoms with E-state index in [4.69, 9.17) is 16.3 Å². The summed E-state index contributed by atoms with van der Waals surface area (Å²) in [6.07, 6.45) is 3.09. The minimum atomic E-state index is -0.447. The molecule has 1 aliphatic heterocycles. The van der Waals surface area contributed by atoms with Crippen LogP contribution in [-0.4, -0.2) is 61.1 Å². The van der Waals surface area contributed by atoms with Gasteiger partial charge in [0.2, 0.25) is 5.95 Å². The zero-order chi connectivity index (χ0) is 24.1. The molecule has 1 aromatic heterocycles. The van der Waals surface area contributed by atoms with Crippen LogP contribution in [0.25, 0.3) is 6.08 Å². The fraction of sp³-hybridized carbons (Fsp3) is 0.240. The second-order valence-electron chi connectivity index (χ2n) is 7.94. The molecular formula is C25H27ClN6O2. The van der Waals surface area contributed by atoms with Gasteiger partial charge in [0, 0.05) is 49.3 Å². The molecule has 2 heterocycles. The average Bonchev–Trinajstić information content (AvgIpc) is 2.86. The molecule has 8 nitrogen and oxygen atoms in total. The highest BCUT2D eigenvalue weighted by Crippen LogP contribution is 2.32. The molecule has 2 N–H and O–H groups in total. The summed E-state index contributed by atoms with van der Waals surface area (Å²) >= 11 is 6.26. The number of piperazine rings is 1. The van der Waals surface area contributed by atoms with Crippen LogP contribution in [0.2, 0.25) is 5.02 Å². The predicted molar refractivity (Wildman–Crippen MR) is 138 cm³/mol. The molecule has 1 amide bonds.